The van der Waals surface area contributed by atoms with E-state index in [1.165, 1.54) is 5.57 Å². The molecule has 0 heterocycles. The van der Waals surface area contributed by atoms with Crippen molar-refractivity contribution < 1.29 is 9.47 Å². The molecule has 0 saturated carbocycles. The number of hydrogen-bond acceptors (Lipinski definition) is 2. The van der Waals surface area contributed by atoms with E-state index in [-0.39, 0.29) is 12.9 Å². The highest BCUT2D eigenvalue weighted by molar-refractivity contribution is 6.18. The van der Waals surface area contributed by atoms with Gasteiger partial charge in [-0.25, -0.2) is 0 Å². The van der Waals surface area contributed by atoms with Crippen molar-refractivity contribution in [2.24, 2.45) is 0 Å². The molecular formula is C14H19ClO2. The Morgan fingerprint density at radius 2 is 2.06 bits per heavy atom. The minimum absolute atomic E-state index is 0.0695. The minimum Gasteiger partial charge on any atom is -0.359 e. The topological polar surface area (TPSA) is 18.5 Å². The predicted octanol–water partition coefficient (Wildman–Crippen LogP) is 3.92. The lowest BCUT2D eigenvalue weighted by molar-refractivity contribution is -0.0612. The van der Waals surface area contributed by atoms with Gasteiger partial charge >= 0.3 is 0 Å². The van der Waals surface area contributed by atoms with E-state index in [2.05, 4.69) is 19.1 Å². The first-order chi connectivity index (χ1) is 8.33. The van der Waals surface area contributed by atoms with Crippen LogP contribution in [0, 0.1) is 0 Å². The Balaban J connectivity index is 2.90. The van der Waals surface area contributed by atoms with E-state index in [4.69, 9.17) is 21.1 Å². The normalized spacial score (nSPS) is 13.7. The zero-order valence-electron chi connectivity index (χ0n) is 10.4. The quantitative estimate of drug-likeness (QED) is 0.417. The number of ether oxygens (including phenoxy) is 2. The molecule has 0 N–H and O–H groups in total. The maximum atomic E-state index is 5.78. The number of allylic oxidation sites excluding steroid dienone is 1. The van der Waals surface area contributed by atoms with E-state index in [0.717, 1.165) is 12.0 Å². The Morgan fingerprint density at radius 3 is 2.59 bits per heavy atom. The first-order valence-electron chi connectivity index (χ1n) is 5.73. The van der Waals surface area contributed by atoms with E-state index in [1.54, 1.807) is 7.11 Å². The van der Waals surface area contributed by atoms with Crippen LogP contribution in [-0.2, 0) is 9.47 Å². The molecule has 3 heteroatoms. The summed E-state index contributed by atoms with van der Waals surface area (Å²) in [5.41, 5.74) is 2.31. The molecule has 1 unspecified atom stereocenters. The van der Waals surface area contributed by atoms with Crippen molar-refractivity contribution in [1.82, 2.24) is 0 Å². The molecule has 1 aromatic carbocycles. The van der Waals surface area contributed by atoms with Gasteiger partial charge in [0.15, 0.2) is 0 Å². The smallest absolute Gasteiger partial charge is 0.147 e. The number of hydrogen-bond donors (Lipinski definition) is 0. The van der Waals surface area contributed by atoms with Crippen molar-refractivity contribution in [3.63, 3.8) is 0 Å². The van der Waals surface area contributed by atoms with E-state index in [0.29, 0.717) is 5.88 Å². The third kappa shape index (κ3) is 4.50. The van der Waals surface area contributed by atoms with E-state index in [9.17, 15) is 0 Å². The van der Waals surface area contributed by atoms with Crippen LogP contribution >= 0.6 is 11.6 Å². The third-order valence-electron chi connectivity index (χ3n) is 2.54. The standard InChI is InChI=1S/C14H19ClO2/c1-3-12(9-10-15)14(17-11-16-2)13-7-5-4-6-8-13/h4-9,14H,3,10-11H2,1-2H3/b12-9+. The van der Waals surface area contributed by atoms with Gasteiger partial charge in [0.05, 0.1) is 0 Å². The minimum atomic E-state index is -0.0695. The van der Waals surface area contributed by atoms with Crippen LogP contribution in [0.4, 0.5) is 0 Å². The molecule has 0 saturated heterocycles. The summed E-state index contributed by atoms with van der Waals surface area (Å²) in [6.45, 7) is 2.38. The lowest BCUT2D eigenvalue weighted by Gasteiger charge is -2.20. The van der Waals surface area contributed by atoms with Crippen molar-refractivity contribution in [1.29, 1.82) is 0 Å². The molecule has 94 valence electrons. The van der Waals surface area contributed by atoms with E-state index < -0.39 is 0 Å². The van der Waals surface area contributed by atoms with Gasteiger partial charge in [-0.05, 0) is 17.6 Å². The number of methoxy groups -OCH3 is 1. The molecule has 0 aliphatic heterocycles. The van der Waals surface area contributed by atoms with Crippen molar-refractivity contribution in [3.8, 4) is 0 Å². The lowest BCUT2D eigenvalue weighted by Crippen LogP contribution is -2.09. The highest BCUT2D eigenvalue weighted by atomic mass is 35.5. The van der Waals surface area contributed by atoms with E-state index in [1.807, 2.05) is 24.3 Å². The molecule has 17 heavy (non-hydrogen) atoms. The maximum Gasteiger partial charge on any atom is 0.147 e. The van der Waals surface area contributed by atoms with Crippen LogP contribution in [0.2, 0.25) is 0 Å². The van der Waals surface area contributed by atoms with Gasteiger partial charge in [0.1, 0.15) is 12.9 Å². The number of benzene rings is 1. The second-order valence-electron chi connectivity index (χ2n) is 3.65. The number of alkyl halides is 1. The summed E-state index contributed by atoms with van der Waals surface area (Å²) < 4.78 is 10.7. The van der Waals surface area contributed by atoms with Crippen LogP contribution in [-0.4, -0.2) is 19.8 Å². The van der Waals surface area contributed by atoms with Crippen LogP contribution in [0.5, 0.6) is 0 Å². The Bertz CT molecular complexity index is 335. The predicted molar refractivity (Wildman–Crippen MR) is 71.2 cm³/mol. The van der Waals surface area contributed by atoms with Gasteiger partial charge in [-0.2, -0.15) is 0 Å². The SMILES string of the molecule is CC/C(=C\CCl)C(OCOC)c1ccccc1. The van der Waals surface area contributed by atoms with Crippen molar-refractivity contribution in [3.05, 3.63) is 47.5 Å². The summed E-state index contributed by atoms with van der Waals surface area (Å²) in [5.74, 6) is 0.503. The highest BCUT2D eigenvalue weighted by Gasteiger charge is 2.15. The third-order valence-corrected chi connectivity index (χ3v) is 2.69. The van der Waals surface area contributed by atoms with Crippen molar-refractivity contribution in [2.45, 2.75) is 19.4 Å². The first kappa shape index (κ1) is 14.2. The Labute approximate surface area is 108 Å². The van der Waals surface area contributed by atoms with Crippen molar-refractivity contribution >= 4 is 11.6 Å². The second-order valence-corrected chi connectivity index (χ2v) is 3.96. The zero-order chi connectivity index (χ0) is 12.5. The van der Waals surface area contributed by atoms with Crippen LogP contribution in [0.3, 0.4) is 0 Å². The molecule has 1 rings (SSSR count). The molecule has 0 amide bonds. The number of halogens is 1. The Kier molecular flexibility index (Phi) is 6.94. The molecule has 1 atom stereocenters. The van der Waals surface area contributed by atoms with Crippen molar-refractivity contribution in [2.75, 3.05) is 19.8 Å². The van der Waals surface area contributed by atoms with Gasteiger partial charge in [-0.3, -0.25) is 0 Å². The summed E-state index contributed by atoms with van der Waals surface area (Å²) in [6, 6.07) is 10.1. The molecule has 1 aromatic rings. The van der Waals surface area contributed by atoms with Gasteiger partial charge in [-0.1, -0.05) is 43.3 Å². The van der Waals surface area contributed by atoms with E-state index >= 15 is 0 Å². The fourth-order valence-electron chi connectivity index (χ4n) is 1.72. The fraction of sp³-hybridized carbons (Fsp3) is 0.429. The molecule has 0 aliphatic carbocycles. The average molecular weight is 255 g/mol. The average Bonchev–Trinajstić information content (AvgIpc) is 2.39. The lowest BCUT2D eigenvalue weighted by atomic mass is 9.99. The van der Waals surface area contributed by atoms with Crippen LogP contribution in [0.1, 0.15) is 25.0 Å². The van der Waals surface area contributed by atoms with Crippen LogP contribution in [0.25, 0.3) is 0 Å². The van der Waals surface area contributed by atoms with Gasteiger partial charge in [0, 0.05) is 13.0 Å². The van der Waals surface area contributed by atoms with Crippen LogP contribution in [0.15, 0.2) is 42.0 Å². The molecular weight excluding hydrogens is 236 g/mol. The molecule has 0 aliphatic rings. The maximum absolute atomic E-state index is 5.78. The van der Waals surface area contributed by atoms with Gasteiger partial charge < -0.3 is 9.47 Å². The summed E-state index contributed by atoms with van der Waals surface area (Å²) in [5, 5.41) is 0. The molecule has 0 spiro atoms. The second kappa shape index (κ2) is 8.29. The summed E-state index contributed by atoms with van der Waals surface area (Å²) in [7, 11) is 1.62. The number of rotatable bonds is 7. The molecule has 0 radical (unpaired) electrons. The monoisotopic (exact) mass is 254 g/mol. The first-order valence-corrected chi connectivity index (χ1v) is 6.27. The Hall–Kier alpha value is -0.830. The fourth-order valence-corrected chi connectivity index (χ4v) is 1.92. The van der Waals surface area contributed by atoms with Gasteiger partial charge in [0.2, 0.25) is 0 Å². The molecule has 0 bridgehead atoms. The summed E-state index contributed by atoms with van der Waals surface area (Å²) in [4.78, 5) is 0. The summed E-state index contributed by atoms with van der Waals surface area (Å²) >= 11 is 5.78. The Morgan fingerprint density at radius 1 is 1.35 bits per heavy atom. The summed E-state index contributed by atoms with van der Waals surface area (Å²) in [6.07, 6.45) is 2.85. The molecule has 0 aromatic heterocycles. The zero-order valence-corrected chi connectivity index (χ0v) is 11.1. The van der Waals surface area contributed by atoms with Gasteiger partial charge in [0.25, 0.3) is 0 Å². The van der Waals surface area contributed by atoms with Gasteiger partial charge in [-0.15, -0.1) is 11.6 Å². The van der Waals surface area contributed by atoms with Crippen LogP contribution < -0.4 is 0 Å². The highest BCUT2D eigenvalue weighted by Crippen LogP contribution is 2.27. The largest absolute Gasteiger partial charge is 0.359 e. The molecule has 0 fully saturated rings. The molecule has 2 nitrogen and oxygen atoms in total.